The Bertz CT molecular complexity index is 349. The molecule has 0 bridgehead atoms. The average Bonchev–Trinajstić information content (AvgIpc) is 2.45. The number of hydrogen-bond acceptors (Lipinski definition) is 2. The molecule has 1 aromatic heterocycles. The van der Waals surface area contributed by atoms with E-state index in [2.05, 4.69) is 5.10 Å². The highest BCUT2D eigenvalue weighted by molar-refractivity contribution is 5.71. The molecule has 1 N–H and O–H groups in total. The third-order valence-electron chi connectivity index (χ3n) is 1.91. The highest BCUT2D eigenvalue weighted by atomic mass is 19.3. The number of aryl methyl sites for hydroxylation is 1. The Morgan fingerprint density at radius 3 is 2.57 bits per heavy atom. The largest absolute Gasteiger partial charge is 0.480 e. The zero-order valence-electron chi connectivity index (χ0n) is 7.74. The van der Waals surface area contributed by atoms with Crippen LogP contribution in [0.1, 0.15) is 30.6 Å². The lowest BCUT2D eigenvalue weighted by Gasteiger charge is -2.05. The van der Waals surface area contributed by atoms with Gasteiger partial charge in [0, 0.05) is 6.20 Å². The normalized spacial score (nSPS) is 13.2. The molecular weight excluding hydrogens is 194 g/mol. The molecule has 1 aromatic rings. The number of alkyl halides is 2. The van der Waals surface area contributed by atoms with Gasteiger partial charge in [0.15, 0.2) is 0 Å². The van der Waals surface area contributed by atoms with Crippen molar-refractivity contribution in [2.24, 2.45) is 0 Å². The lowest BCUT2D eigenvalue weighted by Crippen LogP contribution is -2.16. The highest BCUT2D eigenvalue weighted by Crippen LogP contribution is 2.21. The Kier molecular flexibility index (Phi) is 2.83. The van der Waals surface area contributed by atoms with Crippen molar-refractivity contribution in [2.75, 3.05) is 0 Å². The van der Waals surface area contributed by atoms with E-state index in [1.807, 2.05) is 0 Å². The van der Waals surface area contributed by atoms with Crippen molar-refractivity contribution in [3.63, 3.8) is 0 Å². The van der Waals surface area contributed by atoms with E-state index in [4.69, 9.17) is 5.11 Å². The van der Waals surface area contributed by atoms with Crippen molar-refractivity contribution in [2.45, 2.75) is 26.3 Å². The summed E-state index contributed by atoms with van der Waals surface area (Å²) in [7, 11) is 0. The van der Waals surface area contributed by atoms with Crippen LogP contribution in [0.15, 0.2) is 6.20 Å². The van der Waals surface area contributed by atoms with E-state index in [1.54, 1.807) is 0 Å². The third kappa shape index (κ3) is 1.89. The van der Waals surface area contributed by atoms with Crippen LogP contribution in [0.5, 0.6) is 0 Å². The molecule has 0 spiro atoms. The van der Waals surface area contributed by atoms with Crippen LogP contribution in [-0.4, -0.2) is 20.9 Å². The minimum atomic E-state index is -2.67. The van der Waals surface area contributed by atoms with Gasteiger partial charge in [0.05, 0.1) is 0 Å². The minimum absolute atomic E-state index is 0.299. The molecule has 0 aliphatic heterocycles. The minimum Gasteiger partial charge on any atom is -0.480 e. The van der Waals surface area contributed by atoms with Crippen molar-refractivity contribution in [3.8, 4) is 0 Å². The predicted octanol–water partition coefficient (Wildman–Crippen LogP) is 1.77. The second-order valence-electron chi connectivity index (χ2n) is 2.99. The Morgan fingerprint density at radius 2 is 2.21 bits per heavy atom. The molecule has 0 aliphatic rings. The van der Waals surface area contributed by atoms with Gasteiger partial charge < -0.3 is 5.11 Å². The zero-order chi connectivity index (χ0) is 10.9. The number of carboxylic acid groups (broad SMARTS) is 1. The quantitative estimate of drug-likeness (QED) is 0.816. The molecule has 0 aliphatic carbocycles. The maximum Gasteiger partial charge on any atom is 0.328 e. The summed E-state index contributed by atoms with van der Waals surface area (Å²) in [6.45, 7) is 2.85. The maximum absolute atomic E-state index is 12.3. The van der Waals surface area contributed by atoms with Crippen molar-refractivity contribution in [3.05, 3.63) is 17.5 Å². The molecule has 1 rings (SSSR count). The first-order chi connectivity index (χ1) is 6.43. The molecule has 0 saturated heterocycles. The lowest BCUT2D eigenvalue weighted by molar-refractivity contribution is -0.140. The monoisotopic (exact) mass is 204 g/mol. The molecule has 1 heterocycles. The van der Waals surface area contributed by atoms with E-state index >= 15 is 0 Å². The van der Waals surface area contributed by atoms with Crippen LogP contribution >= 0.6 is 0 Å². The van der Waals surface area contributed by atoms with Gasteiger partial charge in [-0.1, -0.05) is 0 Å². The molecule has 1 atom stereocenters. The number of nitrogens with zero attached hydrogens (tertiary/aromatic N) is 2. The standard InChI is InChI=1S/C8H10F2N2O2/c1-4-3-12(5(2)8(13)14)11-6(4)7(9)10/h3,5,7H,1-2H3,(H,13,14). The molecular formula is C8H10F2N2O2. The number of aromatic nitrogens is 2. The predicted molar refractivity (Wildman–Crippen MR) is 44.3 cm³/mol. The van der Waals surface area contributed by atoms with Crippen molar-refractivity contribution < 1.29 is 18.7 Å². The molecule has 14 heavy (non-hydrogen) atoms. The molecule has 0 fully saturated rings. The van der Waals surface area contributed by atoms with Crippen molar-refractivity contribution in [1.29, 1.82) is 0 Å². The number of rotatable bonds is 3. The summed E-state index contributed by atoms with van der Waals surface area (Å²) in [5, 5.41) is 12.1. The van der Waals surface area contributed by atoms with Gasteiger partial charge in [0.2, 0.25) is 0 Å². The summed E-state index contributed by atoms with van der Waals surface area (Å²) < 4.78 is 25.6. The highest BCUT2D eigenvalue weighted by Gasteiger charge is 2.20. The van der Waals surface area contributed by atoms with Crippen LogP contribution in [0.2, 0.25) is 0 Å². The van der Waals surface area contributed by atoms with Gasteiger partial charge in [-0.15, -0.1) is 0 Å². The van der Waals surface area contributed by atoms with Crippen molar-refractivity contribution in [1.82, 2.24) is 9.78 Å². The van der Waals surface area contributed by atoms with Crippen LogP contribution in [0.25, 0.3) is 0 Å². The third-order valence-corrected chi connectivity index (χ3v) is 1.91. The van der Waals surface area contributed by atoms with Crippen LogP contribution in [0.3, 0.4) is 0 Å². The summed E-state index contributed by atoms with van der Waals surface area (Å²) in [5.41, 5.74) is -0.0637. The van der Waals surface area contributed by atoms with E-state index in [9.17, 15) is 13.6 Å². The summed E-state index contributed by atoms with van der Waals surface area (Å²) in [6.07, 6.45) is -1.36. The Balaban J connectivity index is 3.02. The number of aliphatic carboxylic acids is 1. The molecule has 6 heteroatoms. The zero-order valence-corrected chi connectivity index (χ0v) is 7.74. The van der Waals surface area contributed by atoms with Gasteiger partial charge in [-0.3, -0.25) is 4.68 Å². The van der Waals surface area contributed by atoms with E-state index < -0.39 is 18.4 Å². The Morgan fingerprint density at radius 1 is 1.64 bits per heavy atom. The Hall–Kier alpha value is -1.46. The molecule has 0 radical (unpaired) electrons. The maximum atomic E-state index is 12.3. The molecule has 4 nitrogen and oxygen atoms in total. The second kappa shape index (κ2) is 3.73. The van der Waals surface area contributed by atoms with E-state index in [0.29, 0.717) is 5.56 Å². The van der Waals surface area contributed by atoms with E-state index in [1.165, 1.54) is 20.0 Å². The van der Waals surface area contributed by atoms with E-state index in [0.717, 1.165) is 4.68 Å². The van der Waals surface area contributed by atoms with Crippen LogP contribution < -0.4 is 0 Å². The van der Waals surface area contributed by atoms with Gasteiger partial charge in [-0.25, -0.2) is 13.6 Å². The number of carboxylic acids is 1. The topological polar surface area (TPSA) is 55.1 Å². The van der Waals surface area contributed by atoms with Gasteiger partial charge in [-0.05, 0) is 19.4 Å². The number of halogens is 2. The van der Waals surface area contributed by atoms with Gasteiger partial charge in [0.1, 0.15) is 11.7 Å². The van der Waals surface area contributed by atoms with Gasteiger partial charge >= 0.3 is 5.97 Å². The smallest absolute Gasteiger partial charge is 0.328 e. The fourth-order valence-corrected chi connectivity index (χ4v) is 1.02. The Labute approximate surface area is 79.2 Å². The van der Waals surface area contributed by atoms with Gasteiger partial charge in [0.25, 0.3) is 6.43 Å². The van der Waals surface area contributed by atoms with Crippen LogP contribution in [0, 0.1) is 6.92 Å². The first-order valence-corrected chi connectivity index (χ1v) is 4.00. The summed E-state index contributed by atoms with van der Waals surface area (Å²) in [6, 6.07) is -0.929. The number of hydrogen-bond donors (Lipinski definition) is 1. The van der Waals surface area contributed by atoms with Gasteiger partial charge in [-0.2, -0.15) is 5.10 Å². The molecule has 0 amide bonds. The van der Waals surface area contributed by atoms with Crippen LogP contribution in [-0.2, 0) is 4.79 Å². The fraction of sp³-hybridized carbons (Fsp3) is 0.500. The van der Waals surface area contributed by atoms with Crippen LogP contribution in [0.4, 0.5) is 8.78 Å². The molecule has 0 saturated carbocycles. The second-order valence-corrected chi connectivity index (χ2v) is 2.99. The molecule has 1 unspecified atom stereocenters. The van der Waals surface area contributed by atoms with Crippen molar-refractivity contribution >= 4 is 5.97 Å². The van der Waals surface area contributed by atoms with E-state index in [-0.39, 0.29) is 5.69 Å². The molecule has 0 aromatic carbocycles. The number of carbonyl (C=O) groups is 1. The SMILES string of the molecule is Cc1cn(C(C)C(=O)O)nc1C(F)F. The summed E-state index contributed by atoms with van der Waals surface area (Å²) >= 11 is 0. The lowest BCUT2D eigenvalue weighted by atomic mass is 10.3. The first kappa shape index (κ1) is 10.6. The summed E-state index contributed by atoms with van der Waals surface area (Å²) in [5.74, 6) is -1.10. The summed E-state index contributed by atoms with van der Waals surface area (Å²) in [4.78, 5) is 10.5. The first-order valence-electron chi connectivity index (χ1n) is 4.00. The fourth-order valence-electron chi connectivity index (χ4n) is 1.02. The molecule has 78 valence electrons. The average molecular weight is 204 g/mol.